The maximum absolute atomic E-state index is 11.4. The summed E-state index contributed by atoms with van der Waals surface area (Å²) < 4.78 is 5.46. The minimum absolute atomic E-state index is 0.160. The number of methoxy groups -OCH3 is 1. The fourth-order valence-electron chi connectivity index (χ4n) is 0.940. The molecule has 0 aliphatic carbocycles. The van der Waals surface area contributed by atoms with Gasteiger partial charge in [0.15, 0.2) is 5.82 Å². The van der Waals surface area contributed by atoms with Crippen LogP contribution in [0.25, 0.3) is 0 Å². The van der Waals surface area contributed by atoms with Crippen LogP contribution in [0.1, 0.15) is 0 Å². The molecule has 0 saturated carbocycles. The number of amides is 1. The number of aromatic nitrogens is 2. The van der Waals surface area contributed by atoms with E-state index in [1.165, 1.54) is 12.4 Å². The average molecular weight is 289 g/mol. The Balaban J connectivity index is 2.26. The van der Waals surface area contributed by atoms with Gasteiger partial charge in [0.1, 0.15) is 4.60 Å². The zero-order valence-electron chi connectivity index (χ0n) is 8.86. The first kappa shape index (κ1) is 13.0. The summed E-state index contributed by atoms with van der Waals surface area (Å²) >= 11 is 3.16. The van der Waals surface area contributed by atoms with E-state index in [1.54, 1.807) is 7.11 Å². The molecule has 1 amide bonds. The van der Waals surface area contributed by atoms with Gasteiger partial charge in [0, 0.05) is 13.7 Å². The summed E-state index contributed by atoms with van der Waals surface area (Å²) in [6.45, 7) is 1.43. The molecule has 1 aromatic rings. The molecule has 0 aliphatic rings. The highest BCUT2D eigenvalue weighted by atomic mass is 79.9. The van der Waals surface area contributed by atoms with Gasteiger partial charge in [0.2, 0.25) is 5.91 Å². The van der Waals surface area contributed by atoms with Gasteiger partial charge in [0.25, 0.3) is 0 Å². The van der Waals surface area contributed by atoms with Crippen LogP contribution in [0.3, 0.4) is 0 Å². The summed E-state index contributed by atoms with van der Waals surface area (Å²) in [5, 5.41) is 5.53. The van der Waals surface area contributed by atoms with Crippen LogP contribution >= 0.6 is 15.9 Å². The lowest BCUT2D eigenvalue weighted by molar-refractivity contribution is -0.115. The second-order valence-electron chi connectivity index (χ2n) is 2.94. The third-order valence-corrected chi connectivity index (χ3v) is 2.07. The number of halogens is 1. The van der Waals surface area contributed by atoms with E-state index < -0.39 is 0 Å². The molecule has 7 heteroatoms. The van der Waals surface area contributed by atoms with Crippen LogP contribution in [-0.4, -0.2) is 42.7 Å². The van der Waals surface area contributed by atoms with Crippen molar-refractivity contribution in [1.82, 2.24) is 15.3 Å². The normalized spacial score (nSPS) is 10.1. The summed E-state index contributed by atoms with van der Waals surface area (Å²) in [6.07, 6.45) is 3.01. The number of carbonyl (C=O) groups excluding carboxylic acids is 1. The van der Waals surface area contributed by atoms with Gasteiger partial charge < -0.3 is 15.4 Å². The van der Waals surface area contributed by atoms with Crippen molar-refractivity contribution in [3.05, 3.63) is 17.0 Å². The molecule has 0 radical (unpaired) electrons. The van der Waals surface area contributed by atoms with E-state index in [2.05, 4.69) is 36.5 Å². The van der Waals surface area contributed by atoms with E-state index in [4.69, 9.17) is 4.74 Å². The van der Waals surface area contributed by atoms with Crippen molar-refractivity contribution in [2.24, 2.45) is 0 Å². The summed E-state index contributed by atoms with van der Waals surface area (Å²) in [4.78, 5) is 19.3. The van der Waals surface area contributed by atoms with Crippen LogP contribution in [-0.2, 0) is 9.53 Å². The number of ether oxygens (including phenoxy) is 1. The van der Waals surface area contributed by atoms with Crippen molar-refractivity contribution in [1.29, 1.82) is 0 Å². The fourth-order valence-corrected chi connectivity index (χ4v) is 1.14. The van der Waals surface area contributed by atoms with Crippen LogP contribution in [0, 0.1) is 0 Å². The van der Waals surface area contributed by atoms with Gasteiger partial charge in [-0.3, -0.25) is 4.79 Å². The molecule has 1 aromatic heterocycles. The molecule has 0 fully saturated rings. The van der Waals surface area contributed by atoms with E-state index in [0.717, 1.165) is 0 Å². The summed E-state index contributed by atoms with van der Waals surface area (Å²) in [7, 11) is 1.61. The highest BCUT2D eigenvalue weighted by molar-refractivity contribution is 9.10. The Morgan fingerprint density at radius 3 is 2.94 bits per heavy atom. The molecule has 16 heavy (non-hydrogen) atoms. The van der Waals surface area contributed by atoms with Gasteiger partial charge in [-0.05, 0) is 15.9 Å². The predicted molar refractivity (Wildman–Crippen MR) is 63.1 cm³/mol. The summed E-state index contributed by atoms with van der Waals surface area (Å²) in [5.74, 6) is 0.273. The zero-order chi connectivity index (χ0) is 11.8. The number of hydrogen-bond acceptors (Lipinski definition) is 5. The Kier molecular flexibility index (Phi) is 5.91. The lowest BCUT2D eigenvalue weighted by atomic mass is 10.5. The van der Waals surface area contributed by atoms with Crippen molar-refractivity contribution in [2.75, 3.05) is 32.1 Å². The number of carbonyl (C=O) groups is 1. The van der Waals surface area contributed by atoms with Crippen LogP contribution in [0.4, 0.5) is 5.82 Å². The Labute approximate surface area is 102 Å². The second-order valence-corrected chi connectivity index (χ2v) is 3.75. The van der Waals surface area contributed by atoms with Crippen molar-refractivity contribution in [3.63, 3.8) is 0 Å². The molecule has 0 aliphatic heterocycles. The van der Waals surface area contributed by atoms with Crippen LogP contribution < -0.4 is 10.6 Å². The van der Waals surface area contributed by atoms with Crippen LogP contribution in [0.2, 0.25) is 0 Å². The van der Waals surface area contributed by atoms with Gasteiger partial charge in [-0.15, -0.1) is 0 Å². The van der Waals surface area contributed by atoms with E-state index >= 15 is 0 Å². The van der Waals surface area contributed by atoms with Crippen molar-refractivity contribution >= 4 is 27.7 Å². The lowest BCUT2D eigenvalue weighted by Gasteiger charge is -2.05. The molecule has 0 atom stereocenters. The van der Waals surface area contributed by atoms with Gasteiger partial charge >= 0.3 is 0 Å². The third-order valence-electron chi connectivity index (χ3n) is 1.66. The van der Waals surface area contributed by atoms with Gasteiger partial charge in [-0.1, -0.05) is 0 Å². The molecule has 2 N–H and O–H groups in total. The number of nitrogens with zero attached hydrogens (tertiary/aromatic N) is 2. The Hall–Kier alpha value is -1.05. The van der Waals surface area contributed by atoms with Gasteiger partial charge in [-0.25, -0.2) is 9.97 Å². The fraction of sp³-hybridized carbons (Fsp3) is 0.444. The monoisotopic (exact) mass is 288 g/mol. The summed E-state index contributed by atoms with van der Waals surface area (Å²) in [5.41, 5.74) is 0. The number of nitrogens with one attached hydrogen (secondary N) is 2. The molecule has 88 valence electrons. The average Bonchev–Trinajstić information content (AvgIpc) is 2.28. The Morgan fingerprint density at radius 2 is 2.31 bits per heavy atom. The zero-order valence-corrected chi connectivity index (χ0v) is 10.5. The predicted octanol–water partition coefficient (Wildman–Crippen LogP) is 0.414. The molecular weight excluding hydrogens is 276 g/mol. The van der Waals surface area contributed by atoms with Crippen molar-refractivity contribution in [3.8, 4) is 0 Å². The first-order chi connectivity index (χ1) is 7.72. The van der Waals surface area contributed by atoms with E-state index in [1.807, 2.05) is 0 Å². The molecule has 0 spiro atoms. The molecule has 1 rings (SSSR count). The van der Waals surface area contributed by atoms with E-state index in [9.17, 15) is 4.79 Å². The van der Waals surface area contributed by atoms with Gasteiger partial charge in [0.05, 0.1) is 25.5 Å². The third kappa shape index (κ3) is 5.15. The molecule has 6 nitrogen and oxygen atoms in total. The lowest BCUT2D eigenvalue weighted by Crippen LogP contribution is -2.30. The standard InChI is InChI=1S/C9H13BrN4O2/c1-16-3-2-11-6-9(15)14-8-5-12-7(10)4-13-8/h4-5,11H,2-3,6H2,1H3,(H,13,14,15). The molecule has 0 unspecified atom stereocenters. The molecule has 0 saturated heterocycles. The minimum atomic E-state index is -0.160. The first-order valence-corrected chi connectivity index (χ1v) is 5.48. The highest BCUT2D eigenvalue weighted by Crippen LogP contribution is 2.05. The van der Waals surface area contributed by atoms with Crippen LogP contribution in [0.5, 0.6) is 0 Å². The smallest absolute Gasteiger partial charge is 0.239 e. The van der Waals surface area contributed by atoms with Crippen LogP contribution in [0.15, 0.2) is 17.0 Å². The number of anilines is 1. The Morgan fingerprint density at radius 1 is 1.50 bits per heavy atom. The molecule has 0 aromatic carbocycles. The topological polar surface area (TPSA) is 76.1 Å². The highest BCUT2D eigenvalue weighted by Gasteiger charge is 2.02. The Bertz CT molecular complexity index is 331. The SMILES string of the molecule is COCCNCC(=O)Nc1cnc(Br)cn1. The number of hydrogen-bond donors (Lipinski definition) is 2. The van der Waals surface area contributed by atoms with E-state index in [0.29, 0.717) is 23.6 Å². The second kappa shape index (κ2) is 7.26. The summed E-state index contributed by atoms with van der Waals surface area (Å²) in [6, 6.07) is 0. The van der Waals surface area contributed by atoms with E-state index in [-0.39, 0.29) is 12.5 Å². The maximum atomic E-state index is 11.4. The molecule has 1 heterocycles. The number of rotatable bonds is 6. The quantitative estimate of drug-likeness (QED) is 0.742. The maximum Gasteiger partial charge on any atom is 0.239 e. The molecule has 0 bridgehead atoms. The molecular formula is C9H13BrN4O2. The first-order valence-electron chi connectivity index (χ1n) is 4.69. The minimum Gasteiger partial charge on any atom is -0.383 e. The largest absolute Gasteiger partial charge is 0.383 e. The van der Waals surface area contributed by atoms with Crippen molar-refractivity contribution < 1.29 is 9.53 Å². The van der Waals surface area contributed by atoms with Gasteiger partial charge in [-0.2, -0.15) is 0 Å². The van der Waals surface area contributed by atoms with Crippen molar-refractivity contribution in [2.45, 2.75) is 0 Å².